The molecule has 1 N–H and O–H groups in total. The largest absolute Gasteiger partial charge is 0.379 e. The van der Waals surface area contributed by atoms with Gasteiger partial charge in [0.05, 0.1) is 17.8 Å². The van der Waals surface area contributed by atoms with Gasteiger partial charge in [0.2, 0.25) is 0 Å². The Balaban J connectivity index is 1.59. The molecule has 2 saturated heterocycles. The highest BCUT2D eigenvalue weighted by Crippen LogP contribution is 2.45. The molecule has 2 aliphatic rings. The smallest absolute Gasteiger partial charge is 0.265 e. The van der Waals surface area contributed by atoms with Crippen molar-refractivity contribution >= 4 is 29.4 Å². The van der Waals surface area contributed by atoms with Gasteiger partial charge in [-0.15, -0.1) is 23.5 Å². The number of morpholine rings is 1. The van der Waals surface area contributed by atoms with E-state index >= 15 is 0 Å². The first-order valence-electron chi connectivity index (χ1n) is 6.80. The summed E-state index contributed by atoms with van der Waals surface area (Å²) in [6.07, 6.45) is 0. The molecule has 0 saturated carbocycles. The van der Waals surface area contributed by atoms with Gasteiger partial charge in [-0.25, -0.2) is 5.01 Å². The molecular formula is C14H18N2O2S2. The fourth-order valence-corrected chi connectivity index (χ4v) is 5.09. The summed E-state index contributed by atoms with van der Waals surface area (Å²) >= 11 is 3.96. The zero-order valence-corrected chi connectivity index (χ0v) is 12.8. The normalized spacial score (nSPS) is 21.0. The van der Waals surface area contributed by atoms with Crippen LogP contribution in [0.1, 0.15) is 20.5 Å². The summed E-state index contributed by atoms with van der Waals surface area (Å²) < 4.78 is 5.80. The molecule has 20 heavy (non-hydrogen) atoms. The first-order valence-corrected chi connectivity index (χ1v) is 8.89. The number of nitrogens with one attached hydrogen (secondary N) is 1. The van der Waals surface area contributed by atoms with Crippen molar-refractivity contribution in [1.29, 1.82) is 0 Å². The first kappa shape index (κ1) is 14.3. The minimum atomic E-state index is -0.0369. The summed E-state index contributed by atoms with van der Waals surface area (Å²) in [4.78, 5) is 12.1. The second kappa shape index (κ2) is 6.85. The van der Waals surface area contributed by atoms with Gasteiger partial charge < -0.3 is 4.74 Å². The molecule has 2 fully saturated rings. The highest BCUT2D eigenvalue weighted by Gasteiger charge is 2.19. The summed E-state index contributed by atoms with van der Waals surface area (Å²) in [5, 5.41) is 1.92. The number of nitrogens with zero attached hydrogens (tertiary/aromatic N) is 1. The molecule has 2 aliphatic heterocycles. The fourth-order valence-electron chi connectivity index (χ4n) is 2.23. The van der Waals surface area contributed by atoms with Crippen molar-refractivity contribution in [1.82, 2.24) is 10.4 Å². The van der Waals surface area contributed by atoms with E-state index in [0.717, 1.165) is 13.1 Å². The van der Waals surface area contributed by atoms with Crippen LogP contribution in [0.4, 0.5) is 0 Å². The molecule has 0 aromatic heterocycles. The molecule has 3 rings (SSSR count). The van der Waals surface area contributed by atoms with Gasteiger partial charge in [0.1, 0.15) is 0 Å². The Morgan fingerprint density at radius 3 is 2.45 bits per heavy atom. The second-order valence-electron chi connectivity index (χ2n) is 4.74. The summed E-state index contributed by atoms with van der Waals surface area (Å²) in [5.74, 6) is 2.40. The van der Waals surface area contributed by atoms with Crippen molar-refractivity contribution in [2.24, 2.45) is 0 Å². The average Bonchev–Trinajstić information content (AvgIpc) is 3.03. The third-order valence-electron chi connectivity index (χ3n) is 3.34. The van der Waals surface area contributed by atoms with Gasteiger partial charge in [0.15, 0.2) is 0 Å². The summed E-state index contributed by atoms with van der Waals surface area (Å²) in [6, 6.07) is 7.99. The van der Waals surface area contributed by atoms with Crippen molar-refractivity contribution in [3.8, 4) is 0 Å². The number of hydrogen-bond acceptors (Lipinski definition) is 5. The lowest BCUT2D eigenvalue weighted by Gasteiger charge is -2.26. The van der Waals surface area contributed by atoms with Gasteiger partial charge >= 0.3 is 0 Å². The zero-order valence-electron chi connectivity index (χ0n) is 11.2. The summed E-state index contributed by atoms with van der Waals surface area (Å²) in [5.41, 5.74) is 4.95. The predicted octanol–water partition coefficient (Wildman–Crippen LogP) is 2.14. The van der Waals surface area contributed by atoms with E-state index in [1.165, 1.54) is 17.1 Å². The van der Waals surface area contributed by atoms with Crippen LogP contribution in [0.5, 0.6) is 0 Å². The Bertz CT molecular complexity index is 455. The van der Waals surface area contributed by atoms with Crippen LogP contribution in [0, 0.1) is 0 Å². The lowest BCUT2D eigenvalue weighted by atomic mass is 10.1. The third kappa shape index (κ3) is 3.49. The van der Waals surface area contributed by atoms with E-state index in [9.17, 15) is 4.79 Å². The lowest BCUT2D eigenvalue weighted by Crippen LogP contribution is -2.48. The number of carbonyl (C=O) groups excluding carboxylic acids is 1. The Morgan fingerprint density at radius 2 is 1.80 bits per heavy atom. The predicted molar refractivity (Wildman–Crippen MR) is 84.0 cm³/mol. The molecule has 0 atom stereocenters. The lowest BCUT2D eigenvalue weighted by molar-refractivity contribution is 0.0126. The molecule has 0 bridgehead atoms. The minimum absolute atomic E-state index is 0.0369. The van der Waals surface area contributed by atoms with E-state index in [0.29, 0.717) is 23.4 Å². The van der Waals surface area contributed by atoms with E-state index in [-0.39, 0.29) is 5.91 Å². The maximum Gasteiger partial charge on any atom is 0.265 e. The molecular weight excluding hydrogens is 292 g/mol. The molecule has 0 unspecified atom stereocenters. The van der Waals surface area contributed by atoms with Crippen molar-refractivity contribution < 1.29 is 9.53 Å². The van der Waals surface area contributed by atoms with Crippen LogP contribution in [0.3, 0.4) is 0 Å². The molecule has 1 aromatic rings. The average molecular weight is 310 g/mol. The number of carbonyl (C=O) groups is 1. The molecule has 6 heteroatoms. The fraction of sp³-hybridized carbons (Fsp3) is 0.500. The van der Waals surface area contributed by atoms with E-state index in [4.69, 9.17) is 4.74 Å². The van der Waals surface area contributed by atoms with Gasteiger partial charge in [0, 0.05) is 30.2 Å². The maximum absolute atomic E-state index is 12.1. The van der Waals surface area contributed by atoms with Crippen LogP contribution < -0.4 is 5.43 Å². The molecule has 0 spiro atoms. The van der Waals surface area contributed by atoms with Crippen molar-refractivity contribution in [2.45, 2.75) is 4.58 Å². The molecule has 0 aliphatic carbocycles. The molecule has 108 valence electrons. The Kier molecular flexibility index (Phi) is 4.88. The number of amides is 1. The topological polar surface area (TPSA) is 41.6 Å². The summed E-state index contributed by atoms with van der Waals surface area (Å²) in [7, 11) is 0. The van der Waals surface area contributed by atoms with E-state index in [1.807, 2.05) is 40.7 Å². The number of hydrogen-bond donors (Lipinski definition) is 1. The van der Waals surface area contributed by atoms with Gasteiger partial charge in [-0.05, 0) is 17.7 Å². The molecule has 1 amide bonds. The van der Waals surface area contributed by atoms with E-state index < -0.39 is 0 Å². The monoisotopic (exact) mass is 310 g/mol. The quantitative estimate of drug-likeness (QED) is 0.926. The number of thioether (sulfide) groups is 2. The second-order valence-corrected chi connectivity index (χ2v) is 7.46. The van der Waals surface area contributed by atoms with Crippen LogP contribution >= 0.6 is 23.5 Å². The Hall–Kier alpha value is -0.690. The van der Waals surface area contributed by atoms with Crippen LogP contribution in [0.15, 0.2) is 24.3 Å². The molecule has 2 heterocycles. The number of benzene rings is 1. The van der Waals surface area contributed by atoms with Gasteiger partial charge in [0.25, 0.3) is 5.91 Å². The zero-order chi connectivity index (χ0) is 13.8. The van der Waals surface area contributed by atoms with Crippen LogP contribution in [0.25, 0.3) is 0 Å². The number of rotatable bonds is 3. The van der Waals surface area contributed by atoms with Crippen LogP contribution in [-0.2, 0) is 4.74 Å². The van der Waals surface area contributed by atoms with Gasteiger partial charge in [-0.3, -0.25) is 10.2 Å². The van der Waals surface area contributed by atoms with Crippen molar-refractivity contribution in [3.63, 3.8) is 0 Å². The summed E-state index contributed by atoms with van der Waals surface area (Å²) in [6.45, 7) is 2.85. The van der Waals surface area contributed by atoms with E-state index in [2.05, 4.69) is 17.6 Å². The standard InChI is InChI=1S/C14H18N2O2S2/c17-13(15-16-5-7-18-8-6-16)11-1-3-12(4-2-11)14-19-9-10-20-14/h1-4,14H,5-10H2,(H,15,17). The van der Waals surface area contributed by atoms with Crippen molar-refractivity contribution in [3.05, 3.63) is 35.4 Å². The SMILES string of the molecule is O=C(NN1CCOCC1)c1ccc(C2SCCS2)cc1. The van der Waals surface area contributed by atoms with Gasteiger partial charge in [-0.1, -0.05) is 12.1 Å². The van der Waals surface area contributed by atoms with Gasteiger partial charge in [-0.2, -0.15) is 0 Å². The first-order chi connectivity index (χ1) is 9.83. The van der Waals surface area contributed by atoms with Crippen molar-refractivity contribution in [2.75, 3.05) is 37.8 Å². The Labute approximate surface area is 127 Å². The highest BCUT2D eigenvalue weighted by atomic mass is 32.2. The number of ether oxygens (including phenoxy) is 1. The molecule has 4 nitrogen and oxygen atoms in total. The highest BCUT2D eigenvalue weighted by molar-refractivity contribution is 8.19. The maximum atomic E-state index is 12.1. The third-order valence-corrected chi connectivity index (χ3v) is 6.44. The van der Waals surface area contributed by atoms with E-state index in [1.54, 1.807) is 0 Å². The molecule has 1 aromatic carbocycles. The number of hydrazine groups is 1. The minimum Gasteiger partial charge on any atom is -0.379 e. The van der Waals surface area contributed by atoms with Crippen LogP contribution in [0.2, 0.25) is 0 Å². The molecule has 0 radical (unpaired) electrons. The van der Waals surface area contributed by atoms with Crippen LogP contribution in [-0.4, -0.2) is 48.7 Å². The Morgan fingerprint density at radius 1 is 1.15 bits per heavy atom.